The second kappa shape index (κ2) is 6.11. The van der Waals surface area contributed by atoms with Crippen molar-refractivity contribution in [3.8, 4) is 0 Å². The van der Waals surface area contributed by atoms with Crippen molar-refractivity contribution in [2.24, 2.45) is 17.6 Å². The first kappa shape index (κ1) is 12.5. The number of carbonyl (C=O) groups excluding carboxylic acids is 1. The molecule has 1 aliphatic rings. The van der Waals surface area contributed by atoms with Crippen molar-refractivity contribution >= 4 is 5.91 Å². The lowest BCUT2D eigenvalue weighted by molar-refractivity contribution is -0.122. The lowest BCUT2D eigenvalue weighted by Gasteiger charge is -2.27. The largest absolute Gasteiger partial charge is 0.354 e. The fraction of sp³-hybridized carbons (Fsp3) is 0.917. The number of nitrogens with two attached hydrogens (primary N) is 1. The summed E-state index contributed by atoms with van der Waals surface area (Å²) < 4.78 is 0. The van der Waals surface area contributed by atoms with E-state index in [2.05, 4.69) is 12.2 Å². The summed E-state index contributed by atoms with van der Waals surface area (Å²) in [5.74, 6) is 1.50. The van der Waals surface area contributed by atoms with Crippen LogP contribution in [0.2, 0.25) is 0 Å². The molecule has 0 bridgehead atoms. The molecular weight excluding hydrogens is 188 g/mol. The van der Waals surface area contributed by atoms with Gasteiger partial charge < -0.3 is 11.1 Å². The topological polar surface area (TPSA) is 55.1 Å². The molecule has 0 aromatic heterocycles. The fourth-order valence-corrected chi connectivity index (χ4v) is 2.31. The lowest BCUT2D eigenvalue weighted by atomic mass is 9.82. The molecule has 0 saturated heterocycles. The van der Waals surface area contributed by atoms with Gasteiger partial charge in [0.25, 0.3) is 0 Å². The van der Waals surface area contributed by atoms with E-state index in [4.69, 9.17) is 5.73 Å². The Kier molecular flexibility index (Phi) is 5.09. The van der Waals surface area contributed by atoms with Gasteiger partial charge in [0.2, 0.25) is 5.91 Å². The van der Waals surface area contributed by atoms with E-state index < -0.39 is 0 Å². The summed E-state index contributed by atoms with van der Waals surface area (Å²) in [6.07, 6.45) is 5.88. The lowest BCUT2D eigenvalue weighted by Crippen LogP contribution is -2.42. The van der Waals surface area contributed by atoms with Crippen LogP contribution in [0.15, 0.2) is 0 Å². The number of carbonyl (C=O) groups is 1. The van der Waals surface area contributed by atoms with Crippen molar-refractivity contribution in [2.45, 2.75) is 52.0 Å². The van der Waals surface area contributed by atoms with Gasteiger partial charge in [-0.2, -0.15) is 0 Å². The van der Waals surface area contributed by atoms with E-state index in [9.17, 15) is 4.79 Å². The number of amides is 1. The van der Waals surface area contributed by atoms with Crippen LogP contribution in [0.25, 0.3) is 0 Å². The van der Waals surface area contributed by atoms with Crippen LogP contribution in [0.5, 0.6) is 0 Å². The Hall–Kier alpha value is -0.570. The van der Waals surface area contributed by atoms with Gasteiger partial charge in [0.15, 0.2) is 0 Å². The predicted octanol–water partition coefficient (Wildman–Crippen LogP) is 1.67. The maximum Gasteiger partial charge on any atom is 0.236 e. The molecule has 1 amide bonds. The summed E-state index contributed by atoms with van der Waals surface area (Å²) in [7, 11) is 0. The van der Waals surface area contributed by atoms with Crippen molar-refractivity contribution in [1.29, 1.82) is 0 Å². The Labute approximate surface area is 92.8 Å². The smallest absolute Gasteiger partial charge is 0.236 e. The van der Waals surface area contributed by atoms with E-state index in [1.807, 2.05) is 6.92 Å². The molecule has 15 heavy (non-hydrogen) atoms. The summed E-state index contributed by atoms with van der Waals surface area (Å²) in [6.45, 7) is 5.05. The normalized spacial score (nSPS) is 28.5. The van der Waals surface area contributed by atoms with Crippen LogP contribution in [0.4, 0.5) is 0 Å². The molecule has 1 fully saturated rings. The third-order valence-corrected chi connectivity index (χ3v) is 3.39. The van der Waals surface area contributed by atoms with Gasteiger partial charge in [-0.15, -0.1) is 0 Å². The van der Waals surface area contributed by atoms with Crippen LogP contribution in [0.1, 0.15) is 46.0 Å². The highest BCUT2D eigenvalue weighted by molar-refractivity contribution is 5.81. The average Bonchev–Trinajstić information content (AvgIpc) is 2.25. The zero-order valence-corrected chi connectivity index (χ0v) is 9.96. The summed E-state index contributed by atoms with van der Waals surface area (Å²) in [4.78, 5) is 11.5. The molecule has 0 aliphatic heterocycles. The monoisotopic (exact) mass is 212 g/mol. The molecule has 2 unspecified atom stereocenters. The molecule has 1 aliphatic carbocycles. The van der Waals surface area contributed by atoms with Crippen molar-refractivity contribution in [2.75, 3.05) is 6.54 Å². The van der Waals surface area contributed by atoms with Crippen molar-refractivity contribution < 1.29 is 4.79 Å². The minimum absolute atomic E-state index is 0.00993. The maximum absolute atomic E-state index is 11.5. The number of hydrogen-bond acceptors (Lipinski definition) is 2. The molecule has 88 valence electrons. The molecule has 3 N–H and O–H groups in total. The van der Waals surface area contributed by atoms with Gasteiger partial charge in [-0.05, 0) is 31.1 Å². The molecular formula is C12H24N2O. The maximum atomic E-state index is 11.5. The van der Waals surface area contributed by atoms with Gasteiger partial charge >= 0.3 is 0 Å². The molecule has 0 aromatic carbocycles. The van der Waals surface area contributed by atoms with Crippen LogP contribution in [0.3, 0.4) is 0 Å². The highest BCUT2D eigenvalue weighted by Crippen LogP contribution is 2.27. The average molecular weight is 212 g/mol. The van der Waals surface area contributed by atoms with E-state index in [1.165, 1.54) is 25.7 Å². The Morgan fingerprint density at radius 3 is 2.87 bits per heavy atom. The number of hydrogen-bond donors (Lipinski definition) is 2. The van der Waals surface area contributed by atoms with Crippen molar-refractivity contribution in [3.63, 3.8) is 0 Å². The summed E-state index contributed by atoms with van der Waals surface area (Å²) in [6, 6.07) is -0.328. The van der Waals surface area contributed by atoms with Crippen LogP contribution in [-0.4, -0.2) is 18.5 Å². The van der Waals surface area contributed by atoms with E-state index in [1.54, 1.807) is 0 Å². The first-order valence-corrected chi connectivity index (χ1v) is 6.16. The fourth-order valence-electron chi connectivity index (χ4n) is 2.31. The molecule has 3 heteroatoms. The Morgan fingerprint density at radius 2 is 2.27 bits per heavy atom. The quantitative estimate of drug-likeness (QED) is 0.744. The van der Waals surface area contributed by atoms with Gasteiger partial charge in [0.1, 0.15) is 0 Å². The van der Waals surface area contributed by atoms with E-state index >= 15 is 0 Å². The van der Waals surface area contributed by atoms with Crippen LogP contribution < -0.4 is 11.1 Å². The van der Waals surface area contributed by atoms with Crippen molar-refractivity contribution in [1.82, 2.24) is 5.32 Å². The highest BCUT2D eigenvalue weighted by atomic mass is 16.2. The summed E-state index contributed by atoms with van der Waals surface area (Å²) >= 11 is 0. The van der Waals surface area contributed by atoms with Crippen LogP contribution in [0, 0.1) is 11.8 Å². The molecule has 0 aromatic rings. The minimum Gasteiger partial charge on any atom is -0.354 e. The first-order chi connectivity index (χ1) is 7.13. The van der Waals surface area contributed by atoms with Gasteiger partial charge in [0.05, 0.1) is 6.04 Å². The molecule has 3 atom stereocenters. The van der Waals surface area contributed by atoms with Crippen molar-refractivity contribution in [3.05, 3.63) is 0 Å². The van der Waals surface area contributed by atoms with Gasteiger partial charge in [-0.3, -0.25) is 4.79 Å². The number of rotatable bonds is 4. The highest BCUT2D eigenvalue weighted by Gasteiger charge is 2.20. The molecule has 0 heterocycles. The second-order valence-electron chi connectivity index (χ2n) is 4.90. The molecule has 0 radical (unpaired) electrons. The first-order valence-electron chi connectivity index (χ1n) is 6.16. The zero-order chi connectivity index (χ0) is 11.3. The molecule has 3 nitrogen and oxygen atoms in total. The third kappa shape index (κ3) is 4.20. The van der Waals surface area contributed by atoms with Crippen LogP contribution in [-0.2, 0) is 4.79 Å². The van der Waals surface area contributed by atoms with Gasteiger partial charge in [0, 0.05) is 6.54 Å². The summed E-state index contributed by atoms with van der Waals surface area (Å²) in [5, 5.41) is 2.96. The van der Waals surface area contributed by atoms with Crippen LogP contribution >= 0.6 is 0 Å². The minimum atomic E-state index is -0.328. The third-order valence-electron chi connectivity index (χ3n) is 3.39. The van der Waals surface area contributed by atoms with E-state index in [0.29, 0.717) is 12.3 Å². The van der Waals surface area contributed by atoms with E-state index in [-0.39, 0.29) is 11.9 Å². The molecule has 0 spiro atoms. The Bertz CT molecular complexity index is 206. The Balaban J connectivity index is 2.21. The van der Waals surface area contributed by atoms with Gasteiger partial charge in [-0.1, -0.05) is 26.7 Å². The molecule has 1 saturated carbocycles. The number of nitrogens with one attached hydrogen (secondary N) is 1. The van der Waals surface area contributed by atoms with Gasteiger partial charge in [-0.25, -0.2) is 0 Å². The summed E-state index contributed by atoms with van der Waals surface area (Å²) in [5.41, 5.74) is 5.65. The zero-order valence-electron chi connectivity index (χ0n) is 9.96. The second-order valence-corrected chi connectivity index (χ2v) is 4.90. The van der Waals surface area contributed by atoms with E-state index in [0.717, 1.165) is 12.5 Å². The molecule has 1 rings (SSSR count). The SMILES string of the molecule is CC[C@H](N)C(=O)NCC1CCCC(C)C1. The predicted molar refractivity (Wildman–Crippen MR) is 62.4 cm³/mol. The Morgan fingerprint density at radius 1 is 1.53 bits per heavy atom. The standard InChI is InChI=1S/C12H24N2O/c1-3-11(13)12(15)14-8-10-6-4-5-9(2)7-10/h9-11H,3-8,13H2,1-2H3,(H,14,15)/t9?,10?,11-/m0/s1.